The Morgan fingerprint density at radius 2 is 1.48 bits per heavy atom. The maximum Gasteiger partial charge on any atom is 0.336 e. The lowest BCUT2D eigenvalue weighted by Gasteiger charge is -2.10. The molecule has 0 spiro atoms. The quantitative estimate of drug-likeness (QED) is 0.253. The number of aromatic carboxylic acids is 1. The van der Waals surface area contributed by atoms with E-state index < -0.39 is 5.97 Å². The molecule has 0 amide bonds. The van der Waals surface area contributed by atoms with Crippen molar-refractivity contribution in [1.82, 2.24) is 9.55 Å². The zero-order valence-electron chi connectivity index (χ0n) is 18.0. The van der Waals surface area contributed by atoms with Gasteiger partial charge in [-0.15, -0.1) is 0 Å². The van der Waals surface area contributed by atoms with Crippen LogP contribution < -0.4 is 0 Å². The van der Waals surface area contributed by atoms with E-state index in [-0.39, 0.29) is 17.0 Å². The molecule has 6 heteroatoms. The summed E-state index contributed by atoms with van der Waals surface area (Å²) >= 11 is 1.57. The van der Waals surface area contributed by atoms with Gasteiger partial charge in [0.1, 0.15) is 0 Å². The van der Waals surface area contributed by atoms with Crippen LogP contribution in [0.15, 0.2) is 53.7 Å². The molecule has 0 aliphatic rings. The summed E-state index contributed by atoms with van der Waals surface area (Å²) in [6.07, 6.45) is 10.0. The van der Waals surface area contributed by atoms with Gasteiger partial charge in [-0.2, -0.15) is 0 Å². The average molecular weight is 439 g/mol. The van der Waals surface area contributed by atoms with Gasteiger partial charge in [0, 0.05) is 5.75 Å². The molecule has 0 saturated carbocycles. The number of carbonyl (C=O) groups excluding carboxylic acids is 1. The lowest BCUT2D eigenvalue weighted by molar-refractivity contribution is 0.0691. The minimum atomic E-state index is -1.11. The van der Waals surface area contributed by atoms with Crippen LogP contribution in [0.1, 0.15) is 79.0 Å². The molecule has 1 aromatic heterocycles. The van der Waals surface area contributed by atoms with Crippen LogP contribution in [0.3, 0.4) is 0 Å². The SMILES string of the molecule is CCCCCCCCCCSc1nc2ccccc2n1C(=O)c1ccccc1C(=O)O. The number of hydrogen-bond acceptors (Lipinski definition) is 4. The van der Waals surface area contributed by atoms with Crippen molar-refractivity contribution in [2.45, 2.75) is 63.4 Å². The Kier molecular flexibility index (Phi) is 8.71. The second-order valence-corrected chi connectivity index (χ2v) is 8.76. The molecular formula is C25H30N2O3S. The number of para-hydroxylation sites is 2. The molecule has 0 radical (unpaired) electrons. The van der Waals surface area contributed by atoms with E-state index in [2.05, 4.69) is 11.9 Å². The van der Waals surface area contributed by atoms with E-state index in [9.17, 15) is 14.7 Å². The van der Waals surface area contributed by atoms with E-state index in [4.69, 9.17) is 0 Å². The van der Waals surface area contributed by atoms with Gasteiger partial charge in [-0.1, -0.05) is 87.9 Å². The maximum absolute atomic E-state index is 13.4. The zero-order chi connectivity index (χ0) is 22.1. The first-order chi connectivity index (χ1) is 15.1. The Morgan fingerprint density at radius 3 is 2.19 bits per heavy atom. The highest BCUT2D eigenvalue weighted by Crippen LogP contribution is 2.27. The number of benzene rings is 2. The Morgan fingerprint density at radius 1 is 0.871 bits per heavy atom. The van der Waals surface area contributed by atoms with Crippen LogP contribution in [0.4, 0.5) is 0 Å². The van der Waals surface area contributed by atoms with Crippen molar-refractivity contribution in [2.24, 2.45) is 0 Å². The number of carbonyl (C=O) groups is 2. The first-order valence-corrected chi connectivity index (χ1v) is 12.1. The monoisotopic (exact) mass is 438 g/mol. The van der Waals surface area contributed by atoms with Crippen LogP contribution in [-0.2, 0) is 0 Å². The van der Waals surface area contributed by atoms with E-state index in [1.165, 1.54) is 51.0 Å². The molecule has 0 aliphatic heterocycles. The van der Waals surface area contributed by atoms with Gasteiger partial charge in [-0.05, 0) is 30.7 Å². The Balaban J connectivity index is 1.71. The summed E-state index contributed by atoms with van der Waals surface area (Å²) < 4.78 is 1.56. The Hall–Kier alpha value is -2.60. The van der Waals surface area contributed by atoms with Gasteiger partial charge in [0.15, 0.2) is 5.16 Å². The lowest BCUT2D eigenvalue weighted by atomic mass is 10.1. The summed E-state index contributed by atoms with van der Waals surface area (Å²) in [6.45, 7) is 2.23. The van der Waals surface area contributed by atoms with Gasteiger partial charge in [-0.25, -0.2) is 9.78 Å². The maximum atomic E-state index is 13.4. The molecule has 2 aromatic carbocycles. The number of thioether (sulfide) groups is 1. The molecule has 0 saturated heterocycles. The molecule has 3 aromatic rings. The van der Waals surface area contributed by atoms with Crippen molar-refractivity contribution in [3.8, 4) is 0 Å². The highest BCUT2D eigenvalue weighted by atomic mass is 32.2. The van der Waals surface area contributed by atoms with Gasteiger partial charge in [0.2, 0.25) is 0 Å². The molecule has 1 N–H and O–H groups in total. The fourth-order valence-electron chi connectivity index (χ4n) is 3.67. The van der Waals surface area contributed by atoms with Crippen LogP contribution in [0.5, 0.6) is 0 Å². The lowest BCUT2D eigenvalue weighted by Crippen LogP contribution is -2.17. The average Bonchev–Trinajstić information content (AvgIpc) is 3.15. The molecular weight excluding hydrogens is 408 g/mol. The van der Waals surface area contributed by atoms with Gasteiger partial charge in [0.05, 0.1) is 22.2 Å². The van der Waals surface area contributed by atoms with Crippen molar-refractivity contribution in [3.05, 3.63) is 59.7 Å². The first-order valence-electron chi connectivity index (χ1n) is 11.1. The predicted molar refractivity (Wildman–Crippen MR) is 126 cm³/mol. The molecule has 0 aliphatic carbocycles. The van der Waals surface area contributed by atoms with Crippen molar-refractivity contribution in [1.29, 1.82) is 0 Å². The number of unbranched alkanes of at least 4 members (excludes halogenated alkanes) is 7. The summed E-state index contributed by atoms with van der Waals surface area (Å²) in [7, 11) is 0. The van der Waals surface area contributed by atoms with E-state index in [1.807, 2.05) is 24.3 Å². The summed E-state index contributed by atoms with van der Waals surface area (Å²) in [5, 5.41) is 10.1. The molecule has 164 valence electrons. The molecule has 0 atom stereocenters. The van der Waals surface area contributed by atoms with Crippen molar-refractivity contribution < 1.29 is 14.7 Å². The number of carboxylic acids is 1. The standard InChI is InChI=1S/C25H30N2O3S/c1-2-3-4-5-6-7-8-13-18-31-25-26-21-16-11-12-17-22(21)27(25)23(28)19-14-9-10-15-20(19)24(29)30/h9-12,14-17H,2-8,13,18H2,1H3,(H,29,30). The van der Waals surface area contributed by atoms with Crippen LogP contribution in [-0.4, -0.2) is 32.3 Å². The van der Waals surface area contributed by atoms with Crippen LogP contribution >= 0.6 is 11.8 Å². The Labute approximate surface area is 187 Å². The summed E-state index contributed by atoms with van der Waals surface area (Å²) in [5.74, 6) is -0.585. The van der Waals surface area contributed by atoms with E-state index in [0.29, 0.717) is 10.7 Å². The van der Waals surface area contributed by atoms with Crippen molar-refractivity contribution >= 4 is 34.7 Å². The third-order valence-electron chi connectivity index (χ3n) is 5.35. The number of hydrogen-bond donors (Lipinski definition) is 1. The van der Waals surface area contributed by atoms with Gasteiger partial charge >= 0.3 is 5.97 Å². The third kappa shape index (κ3) is 5.97. The molecule has 0 bridgehead atoms. The second kappa shape index (κ2) is 11.7. The number of imidazole rings is 1. The molecule has 31 heavy (non-hydrogen) atoms. The predicted octanol–water partition coefficient (Wildman–Crippen LogP) is 6.66. The summed E-state index contributed by atoms with van der Waals surface area (Å²) in [5.41, 5.74) is 1.62. The van der Waals surface area contributed by atoms with Crippen LogP contribution in [0.25, 0.3) is 11.0 Å². The van der Waals surface area contributed by atoms with Crippen molar-refractivity contribution in [3.63, 3.8) is 0 Å². The molecule has 0 unspecified atom stereocenters. The number of rotatable bonds is 12. The summed E-state index contributed by atoms with van der Waals surface area (Å²) in [6, 6.07) is 13.8. The normalized spacial score (nSPS) is 11.1. The minimum Gasteiger partial charge on any atom is -0.478 e. The molecule has 0 fully saturated rings. The molecule has 3 rings (SSSR count). The van der Waals surface area contributed by atoms with E-state index >= 15 is 0 Å². The topological polar surface area (TPSA) is 72.2 Å². The minimum absolute atomic E-state index is 0.00399. The van der Waals surface area contributed by atoms with E-state index in [0.717, 1.165) is 17.7 Å². The first kappa shape index (κ1) is 23.1. The van der Waals surface area contributed by atoms with Gasteiger partial charge in [0.25, 0.3) is 5.91 Å². The highest BCUT2D eigenvalue weighted by molar-refractivity contribution is 7.99. The zero-order valence-corrected chi connectivity index (χ0v) is 18.9. The number of fused-ring (bicyclic) bond motifs is 1. The third-order valence-corrected chi connectivity index (χ3v) is 6.37. The number of carboxylic acid groups (broad SMARTS) is 1. The highest BCUT2D eigenvalue weighted by Gasteiger charge is 2.22. The fourth-order valence-corrected chi connectivity index (χ4v) is 4.68. The van der Waals surface area contributed by atoms with Gasteiger partial charge < -0.3 is 5.11 Å². The fraction of sp³-hybridized carbons (Fsp3) is 0.400. The largest absolute Gasteiger partial charge is 0.478 e. The van der Waals surface area contributed by atoms with Crippen LogP contribution in [0.2, 0.25) is 0 Å². The van der Waals surface area contributed by atoms with Gasteiger partial charge in [-0.3, -0.25) is 9.36 Å². The molecule has 1 heterocycles. The van der Waals surface area contributed by atoms with Crippen LogP contribution in [0, 0.1) is 0 Å². The Bertz CT molecular complexity index is 1030. The summed E-state index contributed by atoms with van der Waals surface area (Å²) in [4.78, 5) is 29.7. The van der Waals surface area contributed by atoms with E-state index in [1.54, 1.807) is 34.5 Å². The molecule has 5 nitrogen and oxygen atoms in total. The smallest absolute Gasteiger partial charge is 0.336 e. The number of nitrogens with zero attached hydrogens (tertiary/aromatic N) is 2. The second-order valence-electron chi connectivity index (χ2n) is 7.70. The number of aromatic nitrogens is 2. The van der Waals surface area contributed by atoms with Crippen molar-refractivity contribution in [2.75, 3.05) is 5.75 Å².